The Morgan fingerprint density at radius 3 is 2.75 bits per heavy atom. The number of nitrogens with zero attached hydrogens (tertiary/aromatic N) is 4. The Balaban J connectivity index is 2.27. The maximum atomic E-state index is 13.8. The van der Waals surface area contributed by atoms with Crippen LogP contribution in [0.25, 0.3) is 5.57 Å². The highest BCUT2D eigenvalue weighted by molar-refractivity contribution is 5.83. The minimum absolute atomic E-state index is 0.309. The monoisotopic (exact) mass is 454 g/mol. The lowest BCUT2D eigenvalue weighted by Crippen LogP contribution is -2.20. The van der Waals surface area contributed by atoms with Crippen LogP contribution in [0.3, 0.4) is 0 Å². The van der Waals surface area contributed by atoms with E-state index in [2.05, 4.69) is 14.8 Å². The Morgan fingerprint density at radius 1 is 1.38 bits per heavy atom. The van der Waals surface area contributed by atoms with E-state index in [-0.39, 0.29) is 0 Å². The van der Waals surface area contributed by atoms with E-state index in [4.69, 9.17) is 0 Å². The molecule has 174 valence electrons. The van der Waals surface area contributed by atoms with Gasteiger partial charge in [0.2, 0.25) is 6.36 Å². The Labute approximate surface area is 184 Å². The van der Waals surface area contributed by atoms with Gasteiger partial charge in [0.15, 0.2) is 6.29 Å². The third-order valence-electron chi connectivity index (χ3n) is 4.55. The van der Waals surface area contributed by atoms with Crippen LogP contribution in [0, 0.1) is 0 Å². The summed E-state index contributed by atoms with van der Waals surface area (Å²) in [7, 11) is 1.84. The highest BCUT2D eigenvalue weighted by Gasteiger charge is 2.28. The molecule has 0 amide bonds. The van der Waals surface area contributed by atoms with E-state index in [0.717, 1.165) is 24.7 Å². The van der Waals surface area contributed by atoms with Crippen molar-refractivity contribution in [3.63, 3.8) is 0 Å². The second kappa shape index (κ2) is 11.6. The van der Waals surface area contributed by atoms with Gasteiger partial charge < -0.3 is 9.64 Å². The van der Waals surface area contributed by atoms with Gasteiger partial charge in [0, 0.05) is 43.7 Å². The summed E-state index contributed by atoms with van der Waals surface area (Å²) < 4.78 is 56.4. The molecule has 0 N–H and O–H groups in total. The molecule has 6 nitrogen and oxygen atoms in total. The zero-order chi connectivity index (χ0) is 23.7. The molecule has 32 heavy (non-hydrogen) atoms. The summed E-state index contributed by atoms with van der Waals surface area (Å²) in [5.41, 5.74) is 2.70. The summed E-state index contributed by atoms with van der Waals surface area (Å²) >= 11 is 0. The summed E-state index contributed by atoms with van der Waals surface area (Å²) in [5.74, 6) is 0. The van der Waals surface area contributed by atoms with Crippen LogP contribution < -0.4 is 4.90 Å². The first-order chi connectivity index (χ1) is 15.2. The highest BCUT2D eigenvalue weighted by atomic mass is 19.4. The molecule has 0 aromatic carbocycles. The number of halogens is 4. The topological polar surface area (TPSA) is 60.2 Å². The molecule has 0 spiro atoms. The average molecular weight is 454 g/mol. The number of aryl methyl sites for hydroxylation is 1. The number of aromatic nitrogens is 3. The zero-order valence-corrected chi connectivity index (χ0v) is 18.1. The molecule has 2 aromatic heterocycles. The average Bonchev–Trinajstić information content (AvgIpc) is 3.22. The first kappa shape index (κ1) is 25.3. The van der Waals surface area contributed by atoms with Gasteiger partial charge in [-0.15, -0.1) is 0 Å². The lowest BCUT2D eigenvalue weighted by molar-refractivity contribution is -0.193. The third-order valence-corrected chi connectivity index (χ3v) is 4.55. The molecule has 0 aliphatic rings. The minimum Gasteiger partial charge on any atom is -0.368 e. The number of anilines is 1. The predicted molar refractivity (Wildman–Crippen MR) is 114 cm³/mol. The van der Waals surface area contributed by atoms with Gasteiger partial charge in [0.1, 0.15) is 6.61 Å². The van der Waals surface area contributed by atoms with Crippen LogP contribution in [0.1, 0.15) is 41.9 Å². The van der Waals surface area contributed by atoms with E-state index in [0.29, 0.717) is 35.2 Å². The number of aldehydes is 1. The number of ether oxygens (including phenoxy) is 1. The Bertz CT molecular complexity index is 954. The molecular weight excluding hydrogens is 428 g/mol. The van der Waals surface area contributed by atoms with Crippen LogP contribution in [0.15, 0.2) is 42.9 Å². The van der Waals surface area contributed by atoms with E-state index >= 15 is 0 Å². The van der Waals surface area contributed by atoms with Crippen LogP contribution >= 0.6 is 0 Å². The standard InChI is InChI=1S/C22H26F4N4O2/c1-4-10-30-12-18(11-28-30)29(3)13-19-17(14-31)8-9-27-21(19)16(5-2)6-7-20(23)32-15-22(24,25)26/h5-9,11-12,14,20H,4,10,13,15H2,1-3H3/b7-6-,16-5+. The predicted octanol–water partition coefficient (Wildman–Crippen LogP) is 4.97. The van der Waals surface area contributed by atoms with Crippen LogP contribution in [0.5, 0.6) is 0 Å². The minimum atomic E-state index is -4.62. The number of rotatable bonds is 11. The van der Waals surface area contributed by atoms with E-state index in [1.54, 1.807) is 25.3 Å². The fourth-order valence-electron chi connectivity index (χ4n) is 2.98. The largest absolute Gasteiger partial charge is 0.411 e. The number of alkyl halides is 4. The van der Waals surface area contributed by atoms with Crippen molar-refractivity contribution in [2.45, 2.75) is 45.9 Å². The van der Waals surface area contributed by atoms with Crippen LogP contribution in [0.2, 0.25) is 0 Å². The van der Waals surface area contributed by atoms with Crippen LogP contribution in [-0.2, 0) is 17.8 Å². The number of allylic oxidation sites excluding steroid dienone is 3. The molecule has 0 aliphatic carbocycles. The van der Waals surface area contributed by atoms with Gasteiger partial charge in [0.25, 0.3) is 0 Å². The number of hydrogen-bond acceptors (Lipinski definition) is 5. The van der Waals surface area contributed by atoms with Gasteiger partial charge in [-0.3, -0.25) is 14.5 Å². The quantitative estimate of drug-likeness (QED) is 0.273. The van der Waals surface area contributed by atoms with Crippen molar-refractivity contribution in [3.8, 4) is 0 Å². The summed E-state index contributed by atoms with van der Waals surface area (Å²) in [5, 5.41) is 4.30. The Hall–Kier alpha value is -3.01. The van der Waals surface area contributed by atoms with E-state index in [1.165, 1.54) is 12.3 Å². The van der Waals surface area contributed by atoms with Gasteiger partial charge in [-0.05, 0) is 31.1 Å². The Morgan fingerprint density at radius 2 is 2.12 bits per heavy atom. The van der Waals surface area contributed by atoms with Crippen LogP contribution in [0.4, 0.5) is 23.2 Å². The summed E-state index contributed by atoms with van der Waals surface area (Å²) in [6, 6.07) is 1.57. The van der Waals surface area contributed by atoms with E-state index < -0.39 is 19.1 Å². The number of carbonyl (C=O) groups is 1. The Kier molecular flexibility index (Phi) is 9.13. The first-order valence-corrected chi connectivity index (χ1v) is 10.0. The summed E-state index contributed by atoms with van der Waals surface area (Å²) in [6.45, 7) is 3.13. The van der Waals surface area contributed by atoms with Crippen molar-refractivity contribution in [1.82, 2.24) is 14.8 Å². The molecule has 0 bridgehead atoms. The van der Waals surface area contributed by atoms with Crippen molar-refractivity contribution in [2.75, 3.05) is 18.6 Å². The molecular formula is C22H26F4N4O2. The van der Waals surface area contributed by atoms with Crippen molar-refractivity contribution in [2.24, 2.45) is 0 Å². The van der Waals surface area contributed by atoms with Gasteiger partial charge in [-0.1, -0.05) is 19.1 Å². The molecule has 0 fully saturated rings. The molecule has 0 radical (unpaired) electrons. The molecule has 0 aliphatic heterocycles. The molecule has 10 heteroatoms. The SMILES string of the molecule is C/C=C(\C=C/C(F)OCC(F)(F)F)c1nccc(C=O)c1CN(C)c1cnn(CCC)c1. The summed E-state index contributed by atoms with van der Waals surface area (Å²) in [4.78, 5) is 17.9. The lowest BCUT2D eigenvalue weighted by Gasteiger charge is -2.20. The molecule has 2 aromatic rings. The molecule has 2 heterocycles. The second-order valence-corrected chi connectivity index (χ2v) is 7.04. The number of hydrogen-bond donors (Lipinski definition) is 0. The van der Waals surface area contributed by atoms with Gasteiger partial charge >= 0.3 is 6.18 Å². The summed E-state index contributed by atoms with van der Waals surface area (Å²) in [6.07, 6.45) is 3.64. The highest BCUT2D eigenvalue weighted by Crippen LogP contribution is 2.25. The van der Waals surface area contributed by atoms with E-state index in [9.17, 15) is 22.4 Å². The van der Waals surface area contributed by atoms with Gasteiger partial charge in [-0.25, -0.2) is 4.39 Å². The maximum absolute atomic E-state index is 13.8. The third kappa shape index (κ3) is 7.30. The molecule has 2 rings (SSSR count). The normalized spacial score (nSPS) is 13.5. The zero-order valence-electron chi connectivity index (χ0n) is 18.1. The maximum Gasteiger partial charge on any atom is 0.411 e. The first-order valence-electron chi connectivity index (χ1n) is 10.0. The van der Waals surface area contributed by atoms with Gasteiger partial charge in [0.05, 0.1) is 17.6 Å². The number of carbonyl (C=O) groups excluding carboxylic acids is 1. The van der Waals surface area contributed by atoms with Crippen molar-refractivity contribution < 1.29 is 27.1 Å². The van der Waals surface area contributed by atoms with Gasteiger partial charge in [-0.2, -0.15) is 18.3 Å². The fourth-order valence-corrected chi connectivity index (χ4v) is 2.98. The number of pyridine rings is 1. The fraction of sp³-hybridized carbons (Fsp3) is 0.409. The molecule has 1 unspecified atom stereocenters. The molecule has 0 saturated carbocycles. The van der Waals surface area contributed by atoms with E-state index in [1.807, 2.05) is 29.7 Å². The van der Waals surface area contributed by atoms with Crippen molar-refractivity contribution in [1.29, 1.82) is 0 Å². The van der Waals surface area contributed by atoms with Crippen LogP contribution in [-0.4, -0.2) is 47.2 Å². The molecule has 1 atom stereocenters. The lowest BCUT2D eigenvalue weighted by atomic mass is 10.0. The van der Waals surface area contributed by atoms with Crippen molar-refractivity contribution in [3.05, 3.63) is 59.7 Å². The smallest absolute Gasteiger partial charge is 0.368 e. The van der Waals surface area contributed by atoms with Crippen molar-refractivity contribution >= 4 is 17.5 Å². The second-order valence-electron chi connectivity index (χ2n) is 7.04. The molecule has 0 saturated heterocycles.